The van der Waals surface area contributed by atoms with Crippen LogP contribution in [0.5, 0.6) is 0 Å². The molecule has 3 rings (SSSR count). The van der Waals surface area contributed by atoms with Crippen molar-refractivity contribution >= 4 is 16.8 Å². The Hall–Kier alpha value is -2.76. The number of aryl methyl sites for hydroxylation is 1. The molecule has 0 atom stereocenters. The molecule has 2 N–H and O–H groups in total. The number of halogens is 3. The zero-order chi connectivity index (χ0) is 17.3. The largest absolute Gasteiger partial charge is 0.416 e. The number of rotatable bonds is 3. The monoisotopic (exact) mass is 332 g/mol. The van der Waals surface area contributed by atoms with Crippen LogP contribution in [0, 0.1) is 6.92 Å². The molecular formula is C18H15F3N2O. The molecule has 0 saturated carbocycles. The summed E-state index contributed by atoms with van der Waals surface area (Å²) in [6, 6.07) is 12.3. The average molecular weight is 332 g/mol. The SMILES string of the molecule is Cc1cc2cc(C(=O)NCc3ccccc3C(F)(F)F)ccc2[nH]1. The first-order chi connectivity index (χ1) is 11.3. The number of hydrogen-bond donors (Lipinski definition) is 2. The summed E-state index contributed by atoms with van der Waals surface area (Å²) >= 11 is 0. The van der Waals surface area contributed by atoms with Gasteiger partial charge in [-0.15, -0.1) is 0 Å². The summed E-state index contributed by atoms with van der Waals surface area (Å²) in [6.07, 6.45) is -4.44. The summed E-state index contributed by atoms with van der Waals surface area (Å²) < 4.78 is 38.9. The van der Waals surface area contributed by atoms with E-state index < -0.39 is 17.6 Å². The van der Waals surface area contributed by atoms with Gasteiger partial charge in [-0.1, -0.05) is 18.2 Å². The Bertz CT molecular complexity index is 897. The van der Waals surface area contributed by atoms with Crippen LogP contribution in [0.1, 0.15) is 27.2 Å². The summed E-state index contributed by atoms with van der Waals surface area (Å²) in [4.78, 5) is 15.4. The highest BCUT2D eigenvalue weighted by Crippen LogP contribution is 2.31. The Morgan fingerprint density at radius 3 is 2.62 bits per heavy atom. The lowest BCUT2D eigenvalue weighted by molar-refractivity contribution is -0.138. The third-order valence-corrected chi connectivity index (χ3v) is 3.78. The van der Waals surface area contributed by atoms with Gasteiger partial charge in [0.15, 0.2) is 0 Å². The molecule has 2 aromatic carbocycles. The first-order valence-electron chi connectivity index (χ1n) is 7.37. The molecule has 0 fully saturated rings. The molecular weight excluding hydrogens is 317 g/mol. The quantitative estimate of drug-likeness (QED) is 0.732. The molecule has 1 aromatic heterocycles. The van der Waals surface area contributed by atoms with E-state index in [0.717, 1.165) is 22.7 Å². The van der Waals surface area contributed by atoms with Crippen LogP contribution in [0.2, 0.25) is 0 Å². The number of benzene rings is 2. The standard InChI is InChI=1S/C18H15F3N2O/c1-11-8-14-9-12(6-7-16(14)23-11)17(24)22-10-13-4-2-3-5-15(13)18(19,20)21/h2-9,23H,10H2,1H3,(H,22,24). The molecule has 0 aliphatic heterocycles. The minimum Gasteiger partial charge on any atom is -0.359 e. The van der Waals surface area contributed by atoms with Crippen LogP contribution in [0.25, 0.3) is 10.9 Å². The van der Waals surface area contributed by atoms with Crippen molar-refractivity contribution in [3.05, 3.63) is 70.9 Å². The summed E-state index contributed by atoms with van der Waals surface area (Å²) in [7, 11) is 0. The number of carbonyl (C=O) groups excluding carboxylic acids is 1. The fraction of sp³-hybridized carbons (Fsp3) is 0.167. The number of amides is 1. The van der Waals surface area contributed by atoms with Crippen LogP contribution in [0.3, 0.4) is 0 Å². The zero-order valence-electron chi connectivity index (χ0n) is 12.9. The molecule has 0 aliphatic carbocycles. The van der Waals surface area contributed by atoms with Crippen molar-refractivity contribution in [1.29, 1.82) is 0 Å². The molecule has 0 saturated heterocycles. The van der Waals surface area contributed by atoms with Gasteiger partial charge < -0.3 is 10.3 Å². The van der Waals surface area contributed by atoms with Gasteiger partial charge in [0.2, 0.25) is 0 Å². The first kappa shape index (κ1) is 16.1. The Morgan fingerprint density at radius 2 is 1.88 bits per heavy atom. The summed E-state index contributed by atoms with van der Waals surface area (Å²) in [5.41, 5.74) is 1.60. The van der Waals surface area contributed by atoms with E-state index in [0.29, 0.717) is 5.56 Å². The van der Waals surface area contributed by atoms with Gasteiger partial charge in [-0.2, -0.15) is 13.2 Å². The van der Waals surface area contributed by atoms with Crippen LogP contribution in [0.4, 0.5) is 13.2 Å². The molecule has 0 aliphatic rings. The van der Waals surface area contributed by atoms with Crippen molar-refractivity contribution in [2.24, 2.45) is 0 Å². The van der Waals surface area contributed by atoms with Crippen LogP contribution in [0.15, 0.2) is 48.5 Å². The topological polar surface area (TPSA) is 44.9 Å². The lowest BCUT2D eigenvalue weighted by Crippen LogP contribution is -2.24. The molecule has 6 heteroatoms. The van der Waals surface area contributed by atoms with Gasteiger partial charge in [-0.3, -0.25) is 4.79 Å². The minimum atomic E-state index is -4.44. The second-order valence-electron chi connectivity index (χ2n) is 5.59. The Kier molecular flexibility index (Phi) is 4.05. The lowest BCUT2D eigenvalue weighted by Gasteiger charge is -2.13. The van der Waals surface area contributed by atoms with Gasteiger partial charge in [0.25, 0.3) is 5.91 Å². The van der Waals surface area contributed by atoms with E-state index in [9.17, 15) is 18.0 Å². The van der Waals surface area contributed by atoms with E-state index in [1.54, 1.807) is 18.2 Å². The summed E-state index contributed by atoms with van der Waals surface area (Å²) in [5, 5.41) is 3.44. The highest BCUT2D eigenvalue weighted by molar-refractivity contribution is 5.98. The normalized spacial score (nSPS) is 11.7. The molecule has 0 unspecified atom stereocenters. The van der Waals surface area contributed by atoms with Gasteiger partial charge >= 0.3 is 6.18 Å². The number of nitrogens with one attached hydrogen (secondary N) is 2. The third-order valence-electron chi connectivity index (χ3n) is 3.78. The predicted octanol–water partition coefficient (Wildman–Crippen LogP) is 4.43. The predicted molar refractivity (Wildman–Crippen MR) is 85.6 cm³/mol. The Balaban J connectivity index is 1.78. The highest BCUT2D eigenvalue weighted by Gasteiger charge is 2.32. The highest BCUT2D eigenvalue weighted by atomic mass is 19.4. The summed E-state index contributed by atoms with van der Waals surface area (Å²) in [6.45, 7) is 1.73. The van der Waals surface area contributed by atoms with Crippen molar-refractivity contribution < 1.29 is 18.0 Å². The van der Waals surface area contributed by atoms with Crippen molar-refractivity contribution in [3.8, 4) is 0 Å². The van der Waals surface area contributed by atoms with E-state index in [2.05, 4.69) is 10.3 Å². The molecule has 24 heavy (non-hydrogen) atoms. The lowest BCUT2D eigenvalue weighted by atomic mass is 10.1. The van der Waals surface area contributed by atoms with Gasteiger partial charge in [-0.25, -0.2) is 0 Å². The van der Waals surface area contributed by atoms with E-state index in [1.165, 1.54) is 18.2 Å². The van der Waals surface area contributed by atoms with E-state index in [4.69, 9.17) is 0 Å². The van der Waals surface area contributed by atoms with Crippen molar-refractivity contribution in [3.63, 3.8) is 0 Å². The maximum absolute atomic E-state index is 13.0. The number of carbonyl (C=O) groups is 1. The second-order valence-corrected chi connectivity index (χ2v) is 5.59. The maximum atomic E-state index is 13.0. The number of alkyl halides is 3. The molecule has 124 valence electrons. The number of aromatic nitrogens is 1. The molecule has 3 aromatic rings. The van der Waals surface area contributed by atoms with Crippen LogP contribution in [-0.2, 0) is 12.7 Å². The number of fused-ring (bicyclic) bond motifs is 1. The third kappa shape index (κ3) is 3.27. The van der Waals surface area contributed by atoms with Crippen molar-refractivity contribution in [2.45, 2.75) is 19.6 Å². The first-order valence-corrected chi connectivity index (χ1v) is 7.37. The van der Waals surface area contributed by atoms with Crippen molar-refractivity contribution in [2.75, 3.05) is 0 Å². The van der Waals surface area contributed by atoms with Gasteiger partial charge in [0, 0.05) is 28.7 Å². The van der Waals surface area contributed by atoms with Crippen LogP contribution >= 0.6 is 0 Å². The molecule has 1 amide bonds. The van der Waals surface area contributed by atoms with Crippen molar-refractivity contribution in [1.82, 2.24) is 10.3 Å². The van der Waals surface area contributed by atoms with E-state index >= 15 is 0 Å². The minimum absolute atomic E-state index is 0.0388. The molecule has 0 spiro atoms. The van der Waals surface area contributed by atoms with Gasteiger partial charge in [0.1, 0.15) is 0 Å². The van der Waals surface area contributed by atoms with Crippen LogP contribution in [-0.4, -0.2) is 10.9 Å². The van der Waals surface area contributed by atoms with E-state index in [1.807, 2.05) is 13.0 Å². The number of hydrogen-bond acceptors (Lipinski definition) is 1. The van der Waals surface area contributed by atoms with Gasteiger partial charge in [0.05, 0.1) is 5.56 Å². The fourth-order valence-corrected chi connectivity index (χ4v) is 2.65. The maximum Gasteiger partial charge on any atom is 0.416 e. The molecule has 0 radical (unpaired) electrons. The molecule has 0 bridgehead atoms. The fourth-order valence-electron chi connectivity index (χ4n) is 2.65. The number of H-pyrrole nitrogens is 1. The Morgan fingerprint density at radius 1 is 1.12 bits per heavy atom. The Labute approximate surface area is 136 Å². The van der Waals surface area contributed by atoms with Gasteiger partial charge in [-0.05, 0) is 42.8 Å². The summed E-state index contributed by atoms with van der Waals surface area (Å²) in [5.74, 6) is -0.410. The smallest absolute Gasteiger partial charge is 0.359 e. The molecule has 1 heterocycles. The zero-order valence-corrected chi connectivity index (χ0v) is 12.9. The average Bonchev–Trinajstić information content (AvgIpc) is 2.91. The van der Waals surface area contributed by atoms with E-state index in [-0.39, 0.29) is 12.1 Å². The number of aromatic amines is 1. The second kappa shape index (κ2) is 6.03. The molecule has 3 nitrogen and oxygen atoms in total. The van der Waals surface area contributed by atoms with Crippen LogP contribution < -0.4 is 5.32 Å².